The van der Waals surface area contributed by atoms with Crippen LogP contribution < -0.4 is 5.73 Å². The zero-order valence-corrected chi connectivity index (χ0v) is 7.94. The topological polar surface area (TPSA) is 60.2 Å². The maximum absolute atomic E-state index is 12.7. The van der Waals surface area contributed by atoms with Crippen molar-refractivity contribution < 1.29 is 12.3 Å². The molecule has 0 atom stereocenters. The summed E-state index contributed by atoms with van der Waals surface area (Å²) in [5.74, 6) is 0. The van der Waals surface area contributed by atoms with Crippen molar-refractivity contribution in [1.29, 1.82) is 0 Å². The second kappa shape index (κ2) is 3.33. The van der Waals surface area contributed by atoms with E-state index in [0.717, 1.165) is 6.07 Å². The summed E-state index contributed by atoms with van der Waals surface area (Å²) >= 11 is 0. The standard InChI is InChI=1S/C8H10FNO2S/c1-2-6-3-4-7(10)5-8(6)13(9,11)12/h3-5H,2,10H2,1H3. The minimum atomic E-state index is -4.65. The van der Waals surface area contributed by atoms with Crippen molar-refractivity contribution in [2.45, 2.75) is 18.2 Å². The Hall–Kier alpha value is -1.10. The number of anilines is 1. The van der Waals surface area contributed by atoms with Crippen LogP contribution >= 0.6 is 0 Å². The zero-order chi connectivity index (χ0) is 10.1. The second-order valence-corrected chi connectivity index (χ2v) is 3.97. The van der Waals surface area contributed by atoms with Crippen LogP contribution in [0, 0.1) is 0 Å². The molecule has 0 aliphatic rings. The highest BCUT2D eigenvalue weighted by Crippen LogP contribution is 2.21. The zero-order valence-electron chi connectivity index (χ0n) is 7.12. The molecule has 0 aromatic heterocycles. The molecule has 0 bridgehead atoms. The van der Waals surface area contributed by atoms with Gasteiger partial charge in [0.05, 0.1) is 0 Å². The summed E-state index contributed by atoms with van der Waals surface area (Å²) in [4.78, 5) is -0.324. The second-order valence-electron chi connectivity index (χ2n) is 2.66. The van der Waals surface area contributed by atoms with E-state index >= 15 is 0 Å². The fraction of sp³-hybridized carbons (Fsp3) is 0.250. The van der Waals surface area contributed by atoms with Gasteiger partial charge in [-0.05, 0) is 24.1 Å². The molecule has 0 heterocycles. The summed E-state index contributed by atoms with van der Waals surface area (Å²) in [5.41, 5.74) is 6.03. The van der Waals surface area contributed by atoms with E-state index < -0.39 is 10.2 Å². The Morgan fingerprint density at radius 2 is 2.08 bits per heavy atom. The first kappa shape index (κ1) is 9.98. The molecule has 0 aliphatic heterocycles. The fourth-order valence-corrected chi connectivity index (χ4v) is 1.89. The van der Waals surface area contributed by atoms with Crippen LogP contribution in [0.2, 0.25) is 0 Å². The number of nitrogen functional groups attached to an aromatic ring is 1. The third kappa shape index (κ3) is 2.18. The van der Waals surface area contributed by atoms with Gasteiger partial charge in [0.1, 0.15) is 4.90 Å². The Kier molecular flexibility index (Phi) is 2.56. The van der Waals surface area contributed by atoms with E-state index in [1.807, 2.05) is 0 Å². The minimum absolute atomic E-state index is 0.244. The summed E-state index contributed by atoms with van der Waals surface area (Å²) < 4.78 is 34.0. The molecule has 2 N–H and O–H groups in total. The summed E-state index contributed by atoms with van der Waals surface area (Å²) in [6.45, 7) is 1.75. The van der Waals surface area contributed by atoms with Gasteiger partial charge in [0.15, 0.2) is 0 Å². The van der Waals surface area contributed by atoms with E-state index in [-0.39, 0.29) is 10.6 Å². The fourth-order valence-electron chi connectivity index (χ4n) is 1.09. The van der Waals surface area contributed by atoms with Gasteiger partial charge in [-0.25, -0.2) is 0 Å². The van der Waals surface area contributed by atoms with E-state index in [2.05, 4.69) is 0 Å². The summed E-state index contributed by atoms with van der Waals surface area (Å²) in [6, 6.07) is 4.20. The first-order valence-electron chi connectivity index (χ1n) is 3.78. The third-order valence-electron chi connectivity index (χ3n) is 1.73. The van der Waals surface area contributed by atoms with Crippen LogP contribution in [-0.2, 0) is 16.6 Å². The highest BCUT2D eigenvalue weighted by atomic mass is 32.3. The van der Waals surface area contributed by atoms with Crippen LogP contribution in [0.15, 0.2) is 23.1 Å². The molecule has 1 aromatic carbocycles. The van der Waals surface area contributed by atoms with Crippen molar-refractivity contribution in [2.75, 3.05) is 5.73 Å². The van der Waals surface area contributed by atoms with E-state index in [0.29, 0.717) is 12.0 Å². The van der Waals surface area contributed by atoms with Crippen LogP contribution in [-0.4, -0.2) is 8.42 Å². The number of rotatable bonds is 2. The smallest absolute Gasteiger partial charge is 0.332 e. The highest BCUT2D eigenvalue weighted by Gasteiger charge is 2.16. The van der Waals surface area contributed by atoms with Crippen molar-refractivity contribution in [3.05, 3.63) is 23.8 Å². The predicted molar refractivity (Wildman–Crippen MR) is 48.5 cm³/mol. The first-order chi connectivity index (χ1) is 5.95. The first-order valence-corrected chi connectivity index (χ1v) is 5.16. The predicted octanol–water partition coefficient (Wildman–Crippen LogP) is 1.49. The molecule has 0 radical (unpaired) electrons. The molecule has 1 aromatic rings. The van der Waals surface area contributed by atoms with Crippen LogP contribution in [0.25, 0.3) is 0 Å². The van der Waals surface area contributed by atoms with Gasteiger partial charge < -0.3 is 5.73 Å². The van der Waals surface area contributed by atoms with Crippen molar-refractivity contribution >= 4 is 15.9 Å². The molecule has 3 nitrogen and oxygen atoms in total. The lowest BCUT2D eigenvalue weighted by Gasteiger charge is -2.03. The number of hydrogen-bond donors (Lipinski definition) is 1. The Morgan fingerprint density at radius 1 is 1.46 bits per heavy atom. The van der Waals surface area contributed by atoms with Crippen molar-refractivity contribution in [1.82, 2.24) is 0 Å². The lowest BCUT2D eigenvalue weighted by molar-refractivity contribution is 0.551. The number of halogens is 1. The van der Waals surface area contributed by atoms with Gasteiger partial charge in [-0.1, -0.05) is 13.0 Å². The normalized spacial score (nSPS) is 11.5. The molecule has 1 rings (SSSR count). The largest absolute Gasteiger partial charge is 0.399 e. The van der Waals surface area contributed by atoms with Gasteiger partial charge in [-0.2, -0.15) is 8.42 Å². The quantitative estimate of drug-likeness (QED) is 0.585. The van der Waals surface area contributed by atoms with Gasteiger partial charge in [-0.15, -0.1) is 3.89 Å². The molecular weight excluding hydrogens is 193 g/mol. The van der Waals surface area contributed by atoms with E-state index in [4.69, 9.17) is 5.73 Å². The molecule has 72 valence electrons. The maximum Gasteiger partial charge on any atom is 0.332 e. The van der Waals surface area contributed by atoms with E-state index in [1.165, 1.54) is 6.07 Å². The number of aryl methyl sites for hydroxylation is 1. The van der Waals surface area contributed by atoms with Gasteiger partial charge in [0, 0.05) is 5.69 Å². The minimum Gasteiger partial charge on any atom is -0.399 e. The van der Waals surface area contributed by atoms with Gasteiger partial charge in [0.25, 0.3) is 0 Å². The Bertz CT molecular complexity index is 414. The van der Waals surface area contributed by atoms with Crippen molar-refractivity contribution in [2.24, 2.45) is 0 Å². The van der Waals surface area contributed by atoms with E-state index in [1.54, 1.807) is 13.0 Å². The van der Waals surface area contributed by atoms with Gasteiger partial charge in [-0.3, -0.25) is 0 Å². The molecule has 13 heavy (non-hydrogen) atoms. The molecular formula is C8H10FNO2S. The van der Waals surface area contributed by atoms with Crippen LogP contribution in [0.5, 0.6) is 0 Å². The van der Waals surface area contributed by atoms with Gasteiger partial charge >= 0.3 is 10.2 Å². The number of nitrogens with two attached hydrogens (primary N) is 1. The van der Waals surface area contributed by atoms with Crippen LogP contribution in [0.4, 0.5) is 9.57 Å². The SMILES string of the molecule is CCc1ccc(N)cc1S(=O)(=O)F. The molecule has 0 unspecified atom stereocenters. The lowest BCUT2D eigenvalue weighted by Crippen LogP contribution is -1.99. The summed E-state index contributed by atoms with van der Waals surface area (Å²) in [6.07, 6.45) is 0.457. The molecule has 0 saturated heterocycles. The van der Waals surface area contributed by atoms with Crippen molar-refractivity contribution in [3.8, 4) is 0 Å². The van der Waals surface area contributed by atoms with Crippen LogP contribution in [0.3, 0.4) is 0 Å². The van der Waals surface area contributed by atoms with E-state index in [9.17, 15) is 12.3 Å². The van der Waals surface area contributed by atoms with Crippen molar-refractivity contribution in [3.63, 3.8) is 0 Å². The molecule has 0 saturated carbocycles. The van der Waals surface area contributed by atoms with Crippen LogP contribution in [0.1, 0.15) is 12.5 Å². The lowest BCUT2D eigenvalue weighted by atomic mass is 10.1. The molecule has 0 amide bonds. The molecule has 5 heteroatoms. The highest BCUT2D eigenvalue weighted by molar-refractivity contribution is 7.86. The maximum atomic E-state index is 12.7. The number of hydrogen-bond acceptors (Lipinski definition) is 3. The average molecular weight is 203 g/mol. The monoisotopic (exact) mass is 203 g/mol. The molecule has 0 fully saturated rings. The summed E-state index contributed by atoms with van der Waals surface area (Å²) in [7, 11) is -4.65. The number of benzene rings is 1. The summed E-state index contributed by atoms with van der Waals surface area (Å²) in [5, 5.41) is 0. The Morgan fingerprint density at radius 3 is 2.54 bits per heavy atom. The Balaban J connectivity index is 3.41. The average Bonchev–Trinajstić information content (AvgIpc) is 2.03. The molecule has 0 aliphatic carbocycles. The Labute approximate surface area is 76.6 Å². The molecule has 0 spiro atoms. The van der Waals surface area contributed by atoms with Gasteiger partial charge in [0.2, 0.25) is 0 Å². The third-order valence-corrected chi connectivity index (χ3v) is 2.64.